The number of thioether (sulfide) groups is 1. The van der Waals surface area contributed by atoms with E-state index in [4.69, 9.17) is 9.47 Å². The highest BCUT2D eigenvalue weighted by atomic mass is 32.2. The maximum atomic E-state index is 13.8. The summed E-state index contributed by atoms with van der Waals surface area (Å²) in [6.07, 6.45) is 0. The van der Waals surface area contributed by atoms with E-state index in [-0.39, 0.29) is 16.4 Å². The predicted molar refractivity (Wildman–Crippen MR) is 144 cm³/mol. The van der Waals surface area contributed by atoms with E-state index in [1.54, 1.807) is 11.8 Å². The Bertz CT molecular complexity index is 1290. The first kappa shape index (κ1) is 24.3. The van der Waals surface area contributed by atoms with E-state index in [0.717, 1.165) is 39.0 Å². The first-order chi connectivity index (χ1) is 16.4. The highest BCUT2D eigenvalue weighted by molar-refractivity contribution is 8.00. The molecule has 0 N–H and O–H groups in total. The molecule has 3 nitrogen and oxygen atoms in total. The van der Waals surface area contributed by atoms with Gasteiger partial charge >= 0.3 is 0 Å². The number of rotatable bonds is 9. The standard InChI is InChI=1S/C30H32O3S/c1-5-32-18-19-34-29(30(2,3)4)28(31)26-16-17-27(25-13-9-8-12-24(25)26)33-23-15-14-21-10-6-7-11-22(21)20-23/h6-17,20,29H,5,18-19H2,1-4H3. The normalized spacial score (nSPS) is 12.7. The van der Waals surface area contributed by atoms with Crippen molar-refractivity contribution in [3.05, 3.63) is 84.4 Å². The van der Waals surface area contributed by atoms with Gasteiger partial charge in [0.25, 0.3) is 0 Å². The largest absolute Gasteiger partial charge is 0.457 e. The molecule has 4 rings (SSSR count). The zero-order chi connectivity index (χ0) is 24.1. The van der Waals surface area contributed by atoms with E-state index in [1.807, 2.05) is 67.6 Å². The van der Waals surface area contributed by atoms with E-state index < -0.39 is 0 Å². The summed E-state index contributed by atoms with van der Waals surface area (Å²) < 4.78 is 11.8. The van der Waals surface area contributed by atoms with Crippen molar-refractivity contribution < 1.29 is 14.3 Å². The molecule has 34 heavy (non-hydrogen) atoms. The molecule has 0 saturated carbocycles. The second kappa shape index (κ2) is 10.6. The van der Waals surface area contributed by atoms with Gasteiger partial charge in [-0.1, -0.05) is 75.4 Å². The number of hydrogen-bond donors (Lipinski definition) is 0. The molecule has 176 valence electrons. The number of fused-ring (bicyclic) bond motifs is 2. The summed E-state index contributed by atoms with van der Waals surface area (Å²) in [5.74, 6) is 2.48. The van der Waals surface area contributed by atoms with Crippen LogP contribution in [0, 0.1) is 5.41 Å². The Balaban J connectivity index is 1.67. The van der Waals surface area contributed by atoms with Gasteiger partial charge in [-0.3, -0.25) is 4.79 Å². The summed E-state index contributed by atoms with van der Waals surface area (Å²) in [6, 6.07) is 26.2. The molecule has 0 fully saturated rings. The van der Waals surface area contributed by atoms with Gasteiger partial charge in [-0.15, -0.1) is 11.8 Å². The first-order valence-corrected chi connectivity index (χ1v) is 12.9. The molecular weight excluding hydrogens is 440 g/mol. The lowest BCUT2D eigenvalue weighted by Crippen LogP contribution is -2.32. The molecule has 0 aliphatic rings. The molecule has 0 spiro atoms. The number of hydrogen-bond acceptors (Lipinski definition) is 4. The van der Waals surface area contributed by atoms with Gasteiger partial charge < -0.3 is 9.47 Å². The van der Waals surface area contributed by atoms with Crippen LogP contribution in [0.3, 0.4) is 0 Å². The lowest BCUT2D eigenvalue weighted by Gasteiger charge is -2.29. The van der Waals surface area contributed by atoms with Crippen molar-refractivity contribution in [3.8, 4) is 11.5 Å². The van der Waals surface area contributed by atoms with Gasteiger partial charge in [-0.2, -0.15) is 0 Å². The second-order valence-corrected chi connectivity index (χ2v) is 10.7. The predicted octanol–water partition coefficient (Wildman–Crippen LogP) is 8.15. The van der Waals surface area contributed by atoms with E-state index in [9.17, 15) is 4.79 Å². The molecule has 0 amide bonds. The van der Waals surface area contributed by atoms with Crippen molar-refractivity contribution in [2.24, 2.45) is 5.41 Å². The maximum Gasteiger partial charge on any atom is 0.176 e. The molecular formula is C30H32O3S. The van der Waals surface area contributed by atoms with Gasteiger partial charge in [0.2, 0.25) is 0 Å². The molecule has 0 aliphatic carbocycles. The average molecular weight is 473 g/mol. The van der Waals surface area contributed by atoms with Crippen LogP contribution in [0.2, 0.25) is 0 Å². The molecule has 1 unspecified atom stereocenters. The van der Waals surface area contributed by atoms with Crippen LogP contribution < -0.4 is 4.74 Å². The van der Waals surface area contributed by atoms with Gasteiger partial charge in [-0.25, -0.2) is 0 Å². The fourth-order valence-electron chi connectivity index (χ4n) is 4.16. The van der Waals surface area contributed by atoms with Crippen LogP contribution >= 0.6 is 11.8 Å². The molecule has 4 aromatic rings. The van der Waals surface area contributed by atoms with E-state index in [0.29, 0.717) is 13.2 Å². The van der Waals surface area contributed by atoms with Crippen LogP contribution in [0.1, 0.15) is 38.1 Å². The minimum Gasteiger partial charge on any atom is -0.457 e. The summed E-state index contributed by atoms with van der Waals surface area (Å²) in [7, 11) is 0. The molecule has 4 aromatic carbocycles. The lowest BCUT2D eigenvalue weighted by atomic mass is 9.86. The van der Waals surface area contributed by atoms with Crippen molar-refractivity contribution in [2.45, 2.75) is 32.9 Å². The number of carbonyl (C=O) groups excluding carboxylic acids is 1. The highest BCUT2D eigenvalue weighted by Gasteiger charge is 2.33. The molecule has 0 aliphatic heterocycles. The molecule has 1 atom stereocenters. The van der Waals surface area contributed by atoms with Crippen molar-refractivity contribution in [1.82, 2.24) is 0 Å². The SMILES string of the molecule is CCOCCSC(C(=O)c1ccc(Oc2ccc3ccccc3c2)c2ccccc12)C(C)(C)C. The summed E-state index contributed by atoms with van der Waals surface area (Å²) >= 11 is 1.68. The van der Waals surface area contributed by atoms with Crippen LogP contribution in [0.4, 0.5) is 0 Å². The van der Waals surface area contributed by atoms with E-state index in [2.05, 4.69) is 39.0 Å². The van der Waals surface area contributed by atoms with Gasteiger partial charge in [0.1, 0.15) is 11.5 Å². The van der Waals surface area contributed by atoms with Crippen LogP contribution in [0.5, 0.6) is 11.5 Å². The van der Waals surface area contributed by atoms with E-state index >= 15 is 0 Å². The molecule has 0 radical (unpaired) electrons. The van der Waals surface area contributed by atoms with Crippen molar-refractivity contribution in [3.63, 3.8) is 0 Å². The van der Waals surface area contributed by atoms with Crippen molar-refractivity contribution in [2.75, 3.05) is 19.0 Å². The molecule has 4 heteroatoms. The number of ether oxygens (including phenoxy) is 2. The van der Waals surface area contributed by atoms with Crippen LogP contribution in [0.15, 0.2) is 78.9 Å². The third-order valence-electron chi connectivity index (χ3n) is 5.84. The molecule has 0 heterocycles. The topological polar surface area (TPSA) is 35.5 Å². The van der Waals surface area contributed by atoms with Gasteiger partial charge in [0.15, 0.2) is 5.78 Å². The Morgan fingerprint density at radius 1 is 0.882 bits per heavy atom. The maximum absolute atomic E-state index is 13.8. The fourth-order valence-corrected chi connectivity index (χ4v) is 5.39. The molecule has 0 aromatic heterocycles. The third kappa shape index (κ3) is 5.45. The third-order valence-corrected chi connectivity index (χ3v) is 7.50. The lowest BCUT2D eigenvalue weighted by molar-refractivity contribution is 0.0952. The van der Waals surface area contributed by atoms with Crippen molar-refractivity contribution in [1.29, 1.82) is 0 Å². The van der Waals surface area contributed by atoms with Crippen LogP contribution in [-0.4, -0.2) is 30.0 Å². The summed E-state index contributed by atoms with van der Waals surface area (Å²) in [5, 5.41) is 4.01. The summed E-state index contributed by atoms with van der Waals surface area (Å²) in [4.78, 5) is 13.8. The number of carbonyl (C=O) groups is 1. The van der Waals surface area contributed by atoms with Crippen molar-refractivity contribution >= 4 is 39.1 Å². The molecule has 0 saturated heterocycles. The number of Topliss-reactive ketones (excluding diaryl/α,β-unsaturated/α-hetero) is 1. The Kier molecular flexibility index (Phi) is 7.60. The summed E-state index contributed by atoms with van der Waals surface area (Å²) in [6.45, 7) is 9.72. The zero-order valence-electron chi connectivity index (χ0n) is 20.3. The number of ketones is 1. The fraction of sp³-hybridized carbons (Fsp3) is 0.300. The van der Waals surface area contributed by atoms with Gasteiger partial charge in [-0.05, 0) is 52.8 Å². The minimum absolute atomic E-state index is 0.155. The number of benzene rings is 4. The van der Waals surface area contributed by atoms with Gasteiger partial charge in [0.05, 0.1) is 11.9 Å². The minimum atomic E-state index is -0.171. The average Bonchev–Trinajstić information content (AvgIpc) is 2.83. The second-order valence-electron chi connectivity index (χ2n) is 9.45. The molecule has 0 bridgehead atoms. The first-order valence-electron chi connectivity index (χ1n) is 11.8. The summed E-state index contributed by atoms with van der Waals surface area (Å²) in [5.41, 5.74) is 0.570. The Morgan fingerprint density at radius 2 is 1.59 bits per heavy atom. The zero-order valence-corrected chi connectivity index (χ0v) is 21.2. The smallest absolute Gasteiger partial charge is 0.176 e. The Labute approximate surface area is 206 Å². The monoisotopic (exact) mass is 472 g/mol. The van der Waals surface area contributed by atoms with E-state index in [1.165, 1.54) is 5.39 Å². The van der Waals surface area contributed by atoms with Crippen LogP contribution in [-0.2, 0) is 4.74 Å². The van der Waals surface area contributed by atoms with Crippen LogP contribution in [0.25, 0.3) is 21.5 Å². The Morgan fingerprint density at radius 3 is 2.32 bits per heavy atom. The van der Waals surface area contributed by atoms with Gasteiger partial charge in [0, 0.05) is 23.3 Å². The Hall–Kier alpha value is -2.82. The quantitative estimate of drug-likeness (QED) is 0.182. The highest BCUT2D eigenvalue weighted by Crippen LogP contribution is 2.38.